The fourth-order valence-corrected chi connectivity index (χ4v) is 2.17. The summed E-state index contributed by atoms with van der Waals surface area (Å²) >= 11 is 11.9. The molecule has 0 heterocycles. The third-order valence-electron chi connectivity index (χ3n) is 2.35. The summed E-state index contributed by atoms with van der Waals surface area (Å²) < 4.78 is 5.20. The molecule has 17 heavy (non-hydrogen) atoms. The number of carbonyl (C=O) groups is 1. The first-order valence-corrected chi connectivity index (χ1v) is 5.72. The van der Waals surface area contributed by atoms with Crippen molar-refractivity contribution in [1.29, 1.82) is 0 Å². The first kappa shape index (κ1) is 14.1. The van der Waals surface area contributed by atoms with E-state index in [-0.39, 0.29) is 5.91 Å². The van der Waals surface area contributed by atoms with Gasteiger partial charge >= 0.3 is 0 Å². The number of amides is 1. The molecule has 1 aromatic rings. The molecule has 0 saturated heterocycles. The minimum Gasteiger partial charge on any atom is -0.495 e. The molecule has 0 spiro atoms. The van der Waals surface area contributed by atoms with Crippen molar-refractivity contribution < 1.29 is 9.53 Å². The lowest BCUT2D eigenvalue weighted by Gasteiger charge is -2.19. The standard InChI is InChI=1S/C11H14Cl2N2O2/c1-14-9(11(16)15-2)7-4-6(12)5-8(13)10(7)17-3/h4-5,9,14H,1-3H3,(H,15,16). The molecule has 1 atom stereocenters. The molecule has 1 rings (SSSR count). The van der Waals surface area contributed by atoms with Crippen molar-refractivity contribution in [1.82, 2.24) is 10.6 Å². The summed E-state index contributed by atoms with van der Waals surface area (Å²) in [5.41, 5.74) is 0.604. The second-order valence-electron chi connectivity index (χ2n) is 3.35. The van der Waals surface area contributed by atoms with Crippen LogP contribution < -0.4 is 15.4 Å². The van der Waals surface area contributed by atoms with E-state index in [2.05, 4.69) is 10.6 Å². The number of rotatable bonds is 4. The lowest BCUT2D eigenvalue weighted by molar-refractivity contribution is -0.122. The van der Waals surface area contributed by atoms with Crippen LogP contribution in [0.5, 0.6) is 5.75 Å². The highest BCUT2D eigenvalue weighted by Gasteiger charge is 2.23. The van der Waals surface area contributed by atoms with Crippen LogP contribution in [0.4, 0.5) is 0 Å². The molecular formula is C11H14Cl2N2O2. The molecule has 0 saturated carbocycles. The Morgan fingerprint density at radius 2 is 2.00 bits per heavy atom. The second kappa shape index (κ2) is 6.10. The van der Waals surface area contributed by atoms with E-state index >= 15 is 0 Å². The van der Waals surface area contributed by atoms with Gasteiger partial charge in [-0.3, -0.25) is 4.79 Å². The van der Waals surface area contributed by atoms with Crippen LogP contribution in [0, 0.1) is 0 Å². The summed E-state index contributed by atoms with van der Waals surface area (Å²) in [4.78, 5) is 11.7. The fraction of sp³-hybridized carbons (Fsp3) is 0.364. The van der Waals surface area contributed by atoms with Crippen LogP contribution in [0.1, 0.15) is 11.6 Å². The fourth-order valence-electron chi connectivity index (χ4n) is 1.58. The molecule has 94 valence electrons. The van der Waals surface area contributed by atoms with Crippen LogP contribution >= 0.6 is 23.2 Å². The smallest absolute Gasteiger partial charge is 0.241 e. The largest absolute Gasteiger partial charge is 0.495 e. The Kier molecular flexibility index (Phi) is 5.05. The van der Waals surface area contributed by atoms with Gasteiger partial charge in [0, 0.05) is 17.6 Å². The zero-order valence-corrected chi connectivity index (χ0v) is 11.3. The number of halogens is 2. The number of methoxy groups -OCH3 is 1. The van der Waals surface area contributed by atoms with E-state index in [4.69, 9.17) is 27.9 Å². The zero-order chi connectivity index (χ0) is 13.0. The van der Waals surface area contributed by atoms with Crippen LogP contribution in [0.2, 0.25) is 10.0 Å². The van der Waals surface area contributed by atoms with Crippen LogP contribution in [0.25, 0.3) is 0 Å². The summed E-state index contributed by atoms with van der Waals surface area (Å²) in [6.07, 6.45) is 0. The molecule has 1 unspecified atom stereocenters. The summed E-state index contributed by atoms with van der Waals surface area (Å²) in [5.74, 6) is 0.253. The highest BCUT2D eigenvalue weighted by molar-refractivity contribution is 6.35. The molecule has 2 N–H and O–H groups in total. The summed E-state index contributed by atoms with van der Waals surface area (Å²) in [6, 6.07) is 2.66. The van der Waals surface area contributed by atoms with Gasteiger partial charge in [-0.1, -0.05) is 23.2 Å². The molecular weight excluding hydrogens is 263 g/mol. The number of likely N-dealkylation sites (N-methyl/N-ethyl adjacent to an activating group) is 2. The van der Waals surface area contributed by atoms with Crippen molar-refractivity contribution in [2.75, 3.05) is 21.2 Å². The molecule has 1 aromatic carbocycles. The molecule has 0 bridgehead atoms. The van der Waals surface area contributed by atoms with Crippen molar-refractivity contribution in [2.45, 2.75) is 6.04 Å². The normalized spacial score (nSPS) is 12.1. The van der Waals surface area contributed by atoms with E-state index in [1.54, 1.807) is 26.2 Å². The Morgan fingerprint density at radius 3 is 2.47 bits per heavy atom. The van der Waals surface area contributed by atoms with Crippen molar-refractivity contribution >= 4 is 29.1 Å². The Hall–Kier alpha value is -0.970. The van der Waals surface area contributed by atoms with E-state index in [0.29, 0.717) is 21.4 Å². The van der Waals surface area contributed by atoms with Gasteiger partial charge < -0.3 is 15.4 Å². The maximum Gasteiger partial charge on any atom is 0.241 e. The Morgan fingerprint density at radius 1 is 1.35 bits per heavy atom. The molecule has 6 heteroatoms. The first-order chi connectivity index (χ1) is 8.04. The van der Waals surface area contributed by atoms with Gasteiger partial charge in [0.15, 0.2) is 0 Å². The SMILES string of the molecule is CNC(=O)C(NC)c1cc(Cl)cc(Cl)c1OC. The molecule has 0 radical (unpaired) electrons. The maximum absolute atomic E-state index is 11.7. The Bertz CT molecular complexity index is 424. The van der Waals surface area contributed by atoms with Gasteiger partial charge in [-0.25, -0.2) is 0 Å². The van der Waals surface area contributed by atoms with Gasteiger partial charge in [0.25, 0.3) is 0 Å². The lowest BCUT2D eigenvalue weighted by Crippen LogP contribution is -2.34. The molecule has 0 fully saturated rings. The molecule has 0 aromatic heterocycles. The van der Waals surface area contributed by atoms with Crippen LogP contribution in [-0.4, -0.2) is 27.1 Å². The van der Waals surface area contributed by atoms with Gasteiger partial charge in [-0.15, -0.1) is 0 Å². The van der Waals surface area contributed by atoms with Crippen molar-refractivity contribution in [3.63, 3.8) is 0 Å². The highest BCUT2D eigenvalue weighted by Crippen LogP contribution is 2.35. The van der Waals surface area contributed by atoms with E-state index in [9.17, 15) is 4.79 Å². The average molecular weight is 277 g/mol. The van der Waals surface area contributed by atoms with Gasteiger partial charge in [0.2, 0.25) is 5.91 Å². The Balaban J connectivity index is 3.31. The monoisotopic (exact) mass is 276 g/mol. The number of benzene rings is 1. The maximum atomic E-state index is 11.7. The third-order valence-corrected chi connectivity index (χ3v) is 2.85. The minimum atomic E-state index is -0.564. The van der Waals surface area contributed by atoms with Crippen LogP contribution in [0.15, 0.2) is 12.1 Å². The van der Waals surface area contributed by atoms with E-state index < -0.39 is 6.04 Å². The summed E-state index contributed by atoms with van der Waals surface area (Å²) in [5, 5.41) is 6.28. The topological polar surface area (TPSA) is 50.4 Å². The molecule has 0 aliphatic heterocycles. The minimum absolute atomic E-state index is 0.191. The highest BCUT2D eigenvalue weighted by atomic mass is 35.5. The van der Waals surface area contributed by atoms with Crippen LogP contribution in [0.3, 0.4) is 0 Å². The van der Waals surface area contributed by atoms with Gasteiger partial charge in [-0.05, 0) is 19.2 Å². The van der Waals surface area contributed by atoms with E-state index in [1.807, 2.05) is 0 Å². The summed E-state index contributed by atoms with van der Waals surface area (Å²) in [7, 11) is 4.73. The number of hydrogen-bond acceptors (Lipinski definition) is 3. The number of hydrogen-bond donors (Lipinski definition) is 2. The quantitative estimate of drug-likeness (QED) is 0.885. The molecule has 4 nitrogen and oxygen atoms in total. The average Bonchev–Trinajstić information content (AvgIpc) is 2.29. The first-order valence-electron chi connectivity index (χ1n) is 4.97. The van der Waals surface area contributed by atoms with Gasteiger partial charge in [-0.2, -0.15) is 0 Å². The van der Waals surface area contributed by atoms with Gasteiger partial charge in [0.1, 0.15) is 11.8 Å². The van der Waals surface area contributed by atoms with Crippen LogP contribution in [-0.2, 0) is 4.79 Å². The lowest BCUT2D eigenvalue weighted by atomic mass is 10.0. The van der Waals surface area contributed by atoms with Crippen molar-refractivity contribution in [2.24, 2.45) is 0 Å². The van der Waals surface area contributed by atoms with Gasteiger partial charge in [0.05, 0.1) is 12.1 Å². The predicted octanol–water partition coefficient (Wildman–Crippen LogP) is 2.01. The number of nitrogens with one attached hydrogen (secondary N) is 2. The number of carbonyl (C=O) groups excluding carboxylic acids is 1. The van der Waals surface area contributed by atoms with Crippen molar-refractivity contribution in [3.8, 4) is 5.75 Å². The van der Waals surface area contributed by atoms with Crippen molar-refractivity contribution in [3.05, 3.63) is 27.7 Å². The van der Waals surface area contributed by atoms with E-state index in [0.717, 1.165) is 0 Å². The molecule has 0 aliphatic carbocycles. The predicted molar refractivity (Wildman–Crippen MR) is 68.9 cm³/mol. The van der Waals surface area contributed by atoms with E-state index in [1.165, 1.54) is 7.11 Å². The number of ether oxygens (including phenoxy) is 1. The molecule has 1 amide bonds. The zero-order valence-electron chi connectivity index (χ0n) is 9.80. The third kappa shape index (κ3) is 3.03. The second-order valence-corrected chi connectivity index (χ2v) is 4.19. The Labute approximate surface area is 110 Å². The molecule has 0 aliphatic rings. The summed E-state index contributed by atoms with van der Waals surface area (Å²) in [6.45, 7) is 0.